The first-order valence-corrected chi connectivity index (χ1v) is 8.74. The molecule has 3 aromatic rings. The molecule has 1 atom stereocenters. The lowest BCUT2D eigenvalue weighted by Gasteiger charge is -2.18. The van der Waals surface area contributed by atoms with Crippen molar-refractivity contribution in [2.75, 3.05) is 18.4 Å². The van der Waals surface area contributed by atoms with Gasteiger partial charge in [0.1, 0.15) is 18.5 Å². The summed E-state index contributed by atoms with van der Waals surface area (Å²) in [4.78, 5) is 14.3. The zero-order chi connectivity index (χ0) is 19.0. The Balaban J connectivity index is 1.47. The number of rotatable bonds is 3. The van der Waals surface area contributed by atoms with Crippen LogP contribution in [0.4, 0.5) is 14.9 Å². The number of carbonyl (C=O) groups excluding carboxylic acids is 1. The van der Waals surface area contributed by atoms with Crippen LogP contribution in [0.1, 0.15) is 23.9 Å². The van der Waals surface area contributed by atoms with Crippen molar-refractivity contribution in [3.05, 3.63) is 54.1 Å². The summed E-state index contributed by atoms with van der Waals surface area (Å²) in [5.74, 6) is -0.491. The lowest BCUT2D eigenvalue weighted by atomic mass is 10.2. The highest BCUT2D eigenvalue weighted by Gasteiger charge is 2.29. The van der Waals surface area contributed by atoms with Crippen LogP contribution in [0, 0.1) is 19.7 Å². The fourth-order valence-electron chi connectivity index (χ4n) is 3.44. The van der Waals surface area contributed by atoms with E-state index in [9.17, 15) is 9.18 Å². The van der Waals surface area contributed by atoms with Crippen LogP contribution in [0.2, 0.25) is 0 Å². The van der Waals surface area contributed by atoms with Gasteiger partial charge in [-0.2, -0.15) is 5.10 Å². The molecular formula is C18H20FN7O. The molecule has 3 heterocycles. The molecular weight excluding hydrogens is 349 g/mol. The largest absolute Gasteiger partial charge is 0.322 e. The minimum absolute atomic E-state index is 0.126. The first-order chi connectivity index (χ1) is 13.0. The van der Waals surface area contributed by atoms with Crippen molar-refractivity contribution in [2.45, 2.75) is 26.3 Å². The Kier molecular flexibility index (Phi) is 4.35. The number of nitrogens with zero attached hydrogens (tertiary/aromatic N) is 6. The van der Waals surface area contributed by atoms with Gasteiger partial charge in [-0.1, -0.05) is 0 Å². The molecule has 0 radical (unpaired) electrons. The average molecular weight is 369 g/mol. The van der Waals surface area contributed by atoms with Gasteiger partial charge >= 0.3 is 6.03 Å². The third-order valence-electron chi connectivity index (χ3n) is 4.75. The van der Waals surface area contributed by atoms with Gasteiger partial charge in [-0.05, 0) is 44.5 Å². The molecule has 0 spiro atoms. The maximum Gasteiger partial charge on any atom is 0.322 e. The van der Waals surface area contributed by atoms with Crippen molar-refractivity contribution in [3.8, 4) is 5.69 Å². The standard InChI is InChI=1S/C18H20FN7O/c1-12-7-13(2)26(23-12)15-5-6-24(9-15)18(27)22-17-8-14(3-4-16(17)19)25-10-20-21-11-25/h3-4,7-8,10-11,15H,5-6,9H2,1-2H3,(H,22,27). The second-order valence-corrected chi connectivity index (χ2v) is 6.72. The van der Waals surface area contributed by atoms with E-state index in [0.29, 0.717) is 18.8 Å². The van der Waals surface area contributed by atoms with Gasteiger partial charge in [0.15, 0.2) is 0 Å². The second kappa shape index (κ2) is 6.82. The maximum absolute atomic E-state index is 14.2. The van der Waals surface area contributed by atoms with Crippen molar-refractivity contribution in [1.82, 2.24) is 29.4 Å². The molecule has 2 aromatic heterocycles. The number of anilines is 1. The zero-order valence-corrected chi connectivity index (χ0v) is 15.1. The number of benzene rings is 1. The molecule has 2 amide bonds. The molecule has 1 aliphatic heterocycles. The molecule has 0 saturated carbocycles. The van der Waals surface area contributed by atoms with E-state index in [-0.39, 0.29) is 17.8 Å². The summed E-state index contributed by atoms with van der Waals surface area (Å²) in [6, 6.07) is 6.31. The number of amides is 2. The van der Waals surface area contributed by atoms with E-state index in [1.165, 1.54) is 18.7 Å². The molecule has 9 heteroatoms. The third kappa shape index (κ3) is 3.40. The van der Waals surface area contributed by atoms with Crippen LogP contribution in [-0.2, 0) is 0 Å². The highest BCUT2D eigenvalue weighted by Crippen LogP contribution is 2.25. The number of halogens is 1. The Bertz CT molecular complexity index is 966. The van der Waals surface area contributed by atoms with E-state index in [0.717, 1.165) is 17.8 Å². The van der Waals surface area contributed by atoms with E-state index in [1.54, 1.807) is 21.6 Å². The minimum atomic E-state index is -0.491. The van der Waals surface area contributed by atoms with Crippen molar-refractivity contribution in [3.63, 3.8) is 0 Å². The third-order valence-corrected chi connectivity index (χ3v) is 4.75. The molecule has 1 aromatic carbocycles. The molecule has 27 heavy (non-hydrogen) atoms. The van der Waals surface area contributed by atoms with Gasteiger partial charge in [0, 0.05) is 18.8 Å². The van der Waals surface area contributed by atoms with E-state index in [1.807, 2.05) is 24.6 Å². The van der Waals surface area contributed by atoms with Crippen LogP contribution in [-0.4, -0.2) is 48.6 Å². The Morgan fingerprint density at radius 3 is 2.70 bits per heavy atom. The Morgan fingerprint density at radius 1 is 1.22 bits per heavy atom. The molecule has 4 rings (SSSR count). The predicted octanol–water partition coefficient (Wildman–Crippen LogP) is 2.70. The van der Waals surface area contributed by atoms with Gasteiger partial charge in [-0.3, -0.25) is 9.25 Å². The fraction of sp³-hybridized carbons (Fsp3) is 0.333. The minimum Gasteiger partial charge on any atom is -0.322 e. The molecule has 1 fully saturated rings. The number of hydrogen-bond acceptors (Lipinski definition) is 4. The lowest BCUT2D eigenvalue weighted by molar-refractivity contribution is 0.220. The number of nitrogens with one attached hydrogen (secondary N) is 1. The zero-order valence-electron chi connectivity index (χ0n) is 15.1. The molecule has 8 nitrogen and oxygen atoms in total. The molecule has 0 aliphatic carbocycles. The summed E-state index contributed by atoms with van der Waals surface area (Å²) in [5, 5.41) is 14.7. The van der Waals surface area contributed by atoms with Gasteiger partial charge in [0.05, 0.1) is 23.1 Å². The number of carbonyl (C=O) groups is 1. The Hall–Kier alpha value is -3.23. The quantitative estimate of drug-likeness (QED) is 0.770. The normalized spacial score (nSPS) is 16.7. The van der Waals surface area contributed by atoms with E-state index < -0.39 is 5.82 Å². The van der Waals surface area contributed by atoms with Crippen LogP contribution < -0.4 is 5.32 Å². The van der Waals surface area contributed by atoms with Crippen molar-refractivity contribution >= 4 is 11.7 Å². The summed E-state index contributed by atoms with van der Waals surface area (Å²) >= 11 is 0. The van der Waals surface area contributed by atoms with Gasteiger partial charge in [-0.25, -0.2) is 9.18 Å². The lowest BCUT2D eigenvalue weighted by Crippen LogP contribution is -2.33. The Labute approximate surface area is 155 Å². The second-order valence-electron chi connectivity index (χ2n) is 6.72. The fourth-order valence-corrected chi connectivity index (χ4v) is 3.44. The van der Waals surface area contributed by atoms with Gasteiger partial charge in [0.25, 0.3) is 0 Å². The Morgan fingerprint density at radius 2 is 2.00 bits per heavy atom. The van der Waals surface area contributed by atoms with E-state index in [2.05, 4.69) is 20.6 Å². The SMILES string of the molecule is Cc1cc(C)n(C2CCN(C(=O)Nc3cc(-n4cnnc4)ccc3F)C2)n1. The first kappa shape index (κ1) is 17.2. The number of hydrogen-bond donors (Lipinski definition) is 1. The molecule has 140 valence electrons. The van der Waals surface area contributed by atoms with Crippen LogP contribution in [0.15, 0.2) is 36.9 Å². The number of aryl methyl sites for hydroxylation is 2. The van der Waals surface area contributed by atoms with Gasteiger partial charge in [-0.15, -0.1) is 10.2 Å². The van der Waals surface area contributed by atoms with Crippen LogP contribution in [0.25, 0.3) is 5.69 Å². The smallest absolute Gasteiger partial charge is 0.322 e. The monoisotopic (exact) mass is 369 g/mol. The van der Waals surface area contributed by atoms with E-state index in [4.69, 9.17) is 0 Å². The van der Waals surface area contributed by atoms with E-state index >= 15 is 0 Å². The summed E-state index contributed by atoms with van der Waals surface area (Å²) < 4.78 is 17.8. The number of urea groups is 1. The molecule has 1 saturated heterocycles. The van der Waals surface area contributed by atoms with Gasteiger partial charge in [0.2, 0.25) is 0 Å². The summed E-state index contributed by atoms with van der Waals surface area (Å²) in [7, 11) is 0. The maximum atomic E-state index is 14.2. The average Bonchev–Trinajstić information content (AvgIpc) is 3.37. The van der Waals surface area contributed by atoms with Crippen LogP contribution >= 0.6 is 0 Å². The predicted molar refractivity (Wildman–Crippen MR) is 97.3 cm³/mol. The summed E-state index contributed by atoms with van der Waals surface area (Å²) in [6.07, 6.45) is 3.84. The first-order valence-electron chi connectivity index (χ1n) is 8.74. The molecule has 1 aliphatic rings. The van der Waals surface area contributed by atoms with Crippen molar-refractivity contribution in [2.24, 2.45) is 0 Å². The highest BCUT2D eigenvalue weighted by molar-refractivity contribution is 5.90. The topological polar surface area (TPSA) is 80.9 Å². The van der Waals surface area contributed by atoms with Gasteiger partial charge < -0.3 is 10.2 Å². The number of likely N-dealkylation sites (tertiary alicyclic amines) is 1. The van der Waals surface area contributed by atoms with Crippen LogP contribution in [0.5, 0.6) is 0 Å². The highest BCUT2D eigenvalue weighted by atomic mass is 19.1. The van der Waals surface area contributed by atoms with Crippen molar-refractivity contribution in [1.29, 1.82) is 0 Å². The molecule has 1 N–H and O–H groups in total. The van der Waals surface area contributed by atoms with Crippen molar-refractivity contribution < 1.29 is 9.18 Å². The molecule has 1 unspecified atom stereocenters. The molecule has 0 bridgehead atoms. The number of aromatic nitrogens is 5. The summed E-state index contributed by atoms with van der Waals surface area (Å²) in [5.41, 5.74) is 2.83. The van der Waals surface area contributed by atoms with Crippen LogP contribution in [0.3, 0.4) is 0 Å². The summed E-state index contributed by atoms with van der Waals surface area (Å²) in [6.45, 7) is 5.10.